The first-order valence-electron chi connectivity index (χ1n) is 8.81. The molecule has 2 heterocycles. The molecule has 0 spiro atoms. The molecule has 0 amide bonds. The SMILES string of the molecule is CCCC1CC2OC1CC2CCC(C)(C)c1ccccc1. The van der Waals surface area contributed by atoms with Crippen LogP contribution in [-0.2, 0) is 10.2 Å². The van der Waals surface area contributed by atoms with E-state index in [1.165, 1.54) is 44.1 Å². The Morgan fingerprint density at radius 2 is 1.62 bits per heavy atom. The van der Waals surface area contributed by atoms with E-state index in [4.69, 9.17) is 4.74 Å². The van der Waals surface area contributed by atoms with Crippen LogP contribution in [-0.4, -0.2) is 12.2 Å². The van der Waals surface area contributed by atoms with E-state index in [1.54, 1.807) is 0 Å². The summed E-state index contributed by atoms with van der Waals surface area (Å²) >= 11 is 0. The third-order valence-electron chi connectivity index (χ3n) is 5.83. The van der Waals surface area contributed by atoms with Gasteiger partial charge in [-0.15, -0.1) is 0 Å². The van der Waals surface area contributed by atoms with Crippen LogP contribution in [0.1, 0.15) is 64.9 Å². The lowest BCUT2D eigenvalue weighted by atomic mass is 9.74. The molecule has 2 saturated heterocycles. The molecule has 1 nitrogen and oxygen atoms in total. The van der Waals surface area contributed by atoms with Gasteiger partial charge in [-0.1, -0.05) is 57.5 Å². The van der Waals surface area contributed by atoms with E-state index in [-0.39, 0.29) is 5.41 Å². The zero-order chi connectivity index (χ0) is 14.9. The number of benzene rings is 1. The largest absolute Gasteiger partial charge is 0.374 e. The fourth-order valence-electron chi connectivity index (χ4n) is 4.40. The Morgan fingerprint density at radius 3 is 2.19 bits per heavy atom. The van der Waals surface area contributed by atoms with E-state index in [0.717, 1.165) is 11.8 Å². The highest BCUT2D eigenvalue weighted by atomic mass is 16.5. The Bertz CT molecular complexity index is 450. The molecule has 116 valence electrons. The van der Waals surface area contributed by atoms with Crippen LogP contribution in [0.5, 0.6) is 0 Å². The molecule has 3 rings (SSSR count). The highest BCUT2D eigenvalue weighted by Gasteiger charge is 2.46. The monoisotopic (exact) mass is 286 g/mol. The first-order chi connectivity index (χ1) is 10.1. The van der Waals surface area contributed by atoms with Gasteiger partial charge in [0.15, 0.2) is 0 Å². The van der Waals surface area contributed by atoms with Crippen molar-refractivity contribution in [3.05, 3.63) is 35.9 Å². The topological polar surface area (TPSA) is 9.23 Å². The van der Waals surface area contributed by atoms with E-state index in [1.807, 2.05) is 0 Å². The van der Waals surface area contributed by atoms with Crippen LogP contribution in [0.3, 0.4) is 0 Å². The minimum absolute atomic E-state index is 0.284. The Hall–Kier alpha value is -0.820. The standard InChI is InChI=1S/C20H30O/c1-4-8-15-13-19-16(14-18(15)21-19)11-12-20(2,3)17-9-6-5-7-10-17/h5-7,9-10,15-16,18-19H,4,8,11-14H2,1-3H3. The second kappa shape index (κ2) is 6.12. The summed E-state index contributed by atoms with van der Waals surface area (Å²) in [6, 6.07) is 11.0. The van der Waals surface area contributed by atoms with Crippen molar-refractivity contribution in [2.24, 2.45) is 11.8 Å². The van der Waals surface area contributed by atoms with Crippen molar-refractivity contribution in [1.29, 1.82) is 0 Å². The summed E-state index contributed by atoms with van der Waals surface area (Å²) in [5.74, 6) is 1.67. The van der Waals surface area contributed by atoms with Crippen LogP contribution in [0, 0.1) is 11.8 Å². The molecular formula is C20H30O. The van der Waals surface area contributed by atoms with Crippen molar-refractivity contribution in [3.8, 4) is 0 Å². The Labute approximate surface area is 130 Å². The summed E-state index contributed by atoms with van der Waals surface area (Å²) < 4.78 is 6.22. The van der Waals surface area contributed by atoms with Gasteiger partial charge in [0.1, 0.15) is 0 Å². The number of fused-ring (bicyclic) bond motifs is 2. The van der Waals surface area contributed by atoms with Gasteiger partial charge in [0, 0.05) is 0 Å². The van der Waals surface area contributed by atoms with Crippen molar-refractivity contribution < 1.29 is 4.74 Å². The normalized spacial score (nSPS) is 31.8. The molecule has 2 aliphatic heterocycles. The molecule has 21 heavy (non-hydrogen) atoms. The van der Waals surface area contributed by atoms with Crippen LogP contribution >= 0.6 is 0 Å². The predicted octanol–water partition coefficient (Wildman–Crippen LogP) is 5.34. The van der Waals surface area contributed by atoms with Crippen molar-refractivity contribution in [1.82, 2.24) is 0 Å². The lowest BCUT2D eigenvalue weighted by Crippen LogP contribution is -2.26. The molecule has 1 aromatic carbocycles. The van der Waals surface area contributed by atoms with Gasteiger partial charge in [0.2, 0.25) is 0 Å². The molecule has 4 atom stereocenters. The summed E-state index contributed by atoms with van der Waals surface area (Å²) in [6.07, 6.45) is 9.06. The maximum Gasteiger partial charge on any atom is 0.0611 e. The molecule has 2 bridgehead atoms. The van der Waals surface area contributed by atoms with Crippen LogP contribution in [0.25, 0.3) is 0 Å². The second-order valence-electron chi connectivity index (χ2n) is 7.78. The Kier molecular flexibility index (Phi) is 4.40. The number of rotatable bonds is 6. The van der Waals surface area contributed by atoms with Crippen LogP contribution in [0.4, 0.5) is 0 Å². The predicted molar refractivity (Wildman–Crippen MR) is 88.5 cm³/mol. The van der Waals surface area contributed by atoms with Crippen molar-refractivity contribution >= 4 is 0 Å². The second-order valence-corrected chi connectivity index (χ2v) is 7.78. The van der Waals surface area contributed by atoms with Crippen molar-refractivity contribution in [3.63, 3.8) is 0 Å². The van der Waals surface area contributed by atoms with Crippen molar-refractivity contribution in [2.45, 2.75) is 76.9 Å². The lowest BCUT2D eigenvalue weighted by molar-refractivity contribution is 0.0817. The maximum atomic E-state index is 6.22. The molecule has 0 N–H and O–H groups in total. The minimum atomic E-state index is 0.284. The number of hydrogen-bond acceptors (Lipinski definition) is 1. The van der Waals surface area contributed by atoms with Gasteiger partial charge < -0.3 is 4.74 Å². The molecular weight excluding hydrogens is 256 g/mol. The molecule has 4 unspecified atom stereocenters. The molecule has 0 radical (unpaired) electrons. The fourth-order valence-corrected chi connectivity index (χ4v) is 4.40. The van der Waals surface area contributed by atoms with E-state index in [0.29, 0.717) is 12.2 Å². The molecule has 2 fully saturated rings. The summed E-state index contributed by atoms with van der Waals surface area (Å²) in [5, 5.41) is 0. The van der Waals surface area contributed by atoms with Gasteiger partial charge in [0.05, 0.1) is 12.2 Å². The van der Waals surface area contributed by atoms with Crippen molar-refractivity contribution in [2.75, 3.05) is 0 Å². The smallest absolute Gasteiger partial charge is 0.0611 e. The zero-order valence-electron chi connectivity index (χ0n) is 13.8. The van der Waals surface area contributed by atoms with Gasteiger partial charge in [0.25, 0.3) is 0 Å². The first-order valence-corrected chi connectivity index (χ1v) is 8.81. The Morgan fingerprint density at radius 1 is 1.00 bits per heavy atom. The molecule has 0 saturated carbocycles. The van der Waals surface area contributed by atoms with Crippen LogP contribution in [0.15, 0.2) is 30.3 Å². The van der Waals surface area contributed by atoms with Gasteiger partial charge in [-0.05, 0) is 54.9 Å². The zero-order valence-corrected chi connectivity index (χ0v) is 13.8. The molecule has 0 aliphatic carbocycles. The van der Waals surface area contributed by atoms with Crippen LogP contribution in [0.2, 0.25) is 0 Å². The third-order valence-corrected chi connectivity index (χ3v) is 5.83. The highest BCUT2D eigenvalue weighted by molar-refractivity contribution is 5.23. The van der Waals surface area contributed by atoms with Gasteiger partial charge in [-0.2, -0.15) is 0 Å². The quantitative estimate of drug-likeness (QED) is 0.686. The molecule has 0 aromatic heterocycles. The Balaban J connectivity index is 1.53. The van der Waals surface area contributed by atoms with E-state index in [2.05, 4.69) is 51.1 Å². The average molecular weight is 286 g/mol. The van der Waals surface area contributed by atoms with E-state index < -0.39 is 0 Å². The van der Waals surface area contributed by atoms with Gasteiger partial charge in [-0.25, -0.2) is 0 Å². The molecule has 2 aliphatic rings. The summed E-state index contributed by atoms with van der Waals surface area (Å²) in [4.78, 5) is 0. The summed E-state index contributed by atoms with van der Waals surface area (Å²) in [6.45, 7) is 7.07. The van der Waals surface area contributed by atoms with Crippen LogP contribution < -0.4 is 0 Å². The first kappa shape index (κ1) is 15.1. The van der Waals surface area contributed by atoms with E-state index >= 15 is 0 Å². The lowest BCUT2D eigenvalue weighted by Gasteiger charge is -2.30. The average Bonchev–Trinajstić information content (AvgIpc) is 3.06. The number of ether oxygens (including phenoxy) is 1. The van der Waals surface area contributed by atoms with Gasteiger partial charge in [-0.3, -0.25) is 0 Å². The maximum absolute atomic E-state index is 6.22. The highest BCUT2D eigenvalue weighted by Crippen LogP contribution is 2.47. The minimum Gasteiger partial charge on any atom is -0.374 e. The van der Waals surface area contributed by atoms with Gasteiger partial charge >= 0.3 is 0 Å². The molecule has 1 aromatic rings. The summed E-state index contributed by atoms with van der Waals surface area (Å²) in [5.41, 5.74) is 1.75. The molecule has 1 heteroatoms. The van der Waals surface area contributed by atoms with E-state index in [9.17, 15) is 0 Å². The summed E-state index contributed by atoms with van der Waals surface area (Å²) in [7, 11) is 0. The number of hydrogen-bond donors (Lipinski definition) is 0. The third kappa shape index (κ3) is 3.18. The fraction of sp³-hybridized carbons (Fsp3) is 0.700.